The molecule has 2 nitrogen and oxygen atoms in total. The molecule has 1 aliphatic rings. The topological polar surface area (TPSA) is 32.3 Å². The van der Waals surface area contributed by atoms with E-state index in [0.717, 1.165) is 25.8 Å². The van der Waals surface area contributed by atoms with Crippen molar-refractivity contribution in [3.63, 3.8) is 0 Å². The molecule has 1 saturated carbocycles. The molecule has 1 fully saturated rings. The van der Waals surface area contributed by atoms with Crippen molar-refractivity contribution < 1.29 is 5.11 Å². The molecule has 1 atom stereocenters. The number of likely N-dealkylation sites (N-methyl/N-ethyl adjacent to an activating group) is 1. The molecule has 1 unspecified atom stereocenters. The number of hydrogen-bond donors (Lipinski definition) is 2. The van der Waals surface area contributed by atoms with Crippen LogP contribution in [0.25, 0.3) is 0 Å². The first kappa shape index (κ1) is 13.2. The molecule has 13 heavy (non-hydrogen) atoms. The van der Waals surface area contributed by atoms with E-state index in [0.29, 0.717) is 5.41 Å². The first-order chi connectivity index (χ1) is 5.47. The molecule has 1 rings (SSSR count). The SMILES string of the molecule is CNCC1(O)CCCC(C)(C)C1.Cl. The van der Waals surface area contributed by atoms with Crippen molar-refractivity contribution in [1.82, 2.24) is 5.32 Å². The Labute approximate surface area is 87.5 Å². The fraction of sp³-hybridized carbons (Fsp3) is 1.00. The Morgan fingerprint density at radius 2 is 1.92 bits per heavy atom. The van der Waals surface area contributed by atoms with E-state index in [-0.39, 0.29) is 12.4 Å². The van der Waals surface area contributed by atoms with Crippen LogP contribution in [0.15, 0.2) is 0 Å². The van der Waals surface area contributed by atoms with Gasteiger partial charge in [-0.3, -0.25) is 0 Å². The minimum atomic E-state index is -0.448. The summed E-state index contributed by atoms with van der Waals surface area (Å²) in [4.78, 5) is 0. The Bertz CT molecular complexity index is 157. The second-order valence-electron chi connectivity index (χ2n) is 4.95. The van der Waals surface area contributed by atoms with Crippen LogP contribution < -0.4 is 5.32 Å². The van der Waals surface area contributed by atoms with E-state index < -0.39 is 5.60 Å². The highest BCUT2D eigenvalue weighted by Gasteiger charge is 2.37. The zero-order valence-corrected chi connectivity index (χ0v) is 9.71. The maximum absolute atomic E-state index is 10.1. The van der Waals surface area contributed by atoms with E-state index in [1.165, 1.54) is 6.42 Å². The van der Waals surface area contributed by atoms with Gasteiger partial charge < -0.3 is 10.4 Å². The average Bonchev–Trinajstić information content (AvgIpc) is 1.83. The van der Waals surface area contributed by atoms with Crippen molar-refractivity contribution in [2.24, 2.45) is 5.41 Å². The fourth-order valence-electron chi connectivity index (χ4n) is 2.44. The molecule has 0 heterocycles. The monoisotopic (exact) mass is 207 g/mol. The summed E-state index contributed by atoms with van der Waals surface area (Å²) in [7, 11) is 1.90. The maximum atomic E-state index is 10.1. The van der Waals surface area contributed by atoms with E-state index in [1.807, 2.05) is 7.05 Å². The highest BCUT2D eigenvalue weighted by molar-refractivity contribution is 5.85. The molecule has 0 saturated heterocycles. The number of nitrogens with one attached hydrogen (secondary N) is 1. The van der Waals surface area contributed by atoms with Gasteiger partial charge in [0.15, 0.2) is 0 Å². The summed E-state index contributed by atoms with van der Waals surface area (Å²) in [6.07, 6.45) is 4.29. The third kappa shape index (κ3) is 3.84. The maximum Gasteiger partial charge on any atom is 0.0776 e. The van der Waals surface area contributed by atoms with Gasteiger partial charge in [0.1, 0.15) is 0 Å². The largest absolute Gasteiger partial charge is 0.389 e. The molecule has 3 heteroatoms. The van der Waals surface area contributed by atoms with E-state index in [9.17, 15) is 5.11 Å². The smallest absolute Gasteiger partial charge is 0.0776 e. The Morgan fingerprint density at radius 1 is 1.31 bits per heavy atom. The second kappa shape index (κ2) is 4.63. The van der Waals surface area contributed by atoms with Gasteiger partial charge in [-0.15, -0.1) is 12.4 Å². The van der Waals surface area contributed by atoms with Gasteiger partial charge in [-0.2, -0.15) is 0 Å². The lowest BCUT2D eigenvalue weighted by Gasteiger charge is -2.41. The van der Waals surface area contributed by atoms with Crippen molar-refractivity contribution >= 4 is 12.4 Å². The van der Waals surface area contributed by atoms with E-state index in [4.69, 9.17) is 0 Å². The predicted molar refractivity (Wildman–Crippen MR) is 58.4 cm³/mol. The molecular weight excluding hydrogens is 186 g/mol. The molecule has 1 aliphatic carbocycles. The van der Waals surface area contributed by atoms with Gasteiger partial charge in [-0.05, 0) is 31.7 Å². The Kier molecular flexibility index (Phi) is 4.70. The van der Waals surface area contributed by atoms with Crippen molar-refractivity contribution in [3.8, 4) is 0 Å². The highest BCUT2D eigenvalue weighted by Crippen LogP contribution is 2.40. The average molecular weight is 208 g/mol. The summed E-state index contributed by atoms with van der Waals surface area (Å²) in [5.74, 6) is 0. The molecule has 0 aromatic rings. The van der Waals surface area contributed by atoms with Crippen LogP contribution in [0.2, 0.25) is 0 Å². The lowest BCUT2D eigenvalue weighted by molar-refractivity contribution is -0.0359. The first-order valence-corrected chi connectivity index (χ1v) is 4.84. The Morgan fingerprint density at radius 3 is 2.38 bits per heavy atom. The van der Waals surface area contributed by atoms with Gasteiger partial charge >= 0.3 is 0 Å². The summed E-state index contributed by atoms with van der Waals surface area (Å²) < 4.78 is 0. The lowest BCUT2D eigenvalue weighted by Crippen LogP contribution is -2.45. The van der Waals surface area contributed by atoms with Gasteiger partial charge in [0.25, 0.3) is 0 Å². The van der Waals surface area contributed by atoms with E-state index in [2.05, 4.69) is 19.2 Å². The van der Waals surface area contributed by atoms with E-state index >= 15 is 0 Å². The van der Waals surface area contributed by atoms with Gasteiger partial charge in [-0.25, -0.2) is 0 Å². The molecule has 0 amide bonds. The van der Waals surface area contributed by atoms with Gasteiger partial charge in [0.05, 0.1) is 5.60 Å². The van der Waals surface area contributed by atoms with Crippen LogP contribution in [0.1, 0.15) is 39.5 Å². The molecule has 0 spiro atoms. The van der Waals surface area contributed by atoms with E-state index in [1.54, 1.807) is 0 Å². The van der Waals surface area contributed by atoms with Crippen LogP contribution in [0, 0.1) is 5.41 Å². The summed E-state index contributed by atoms with van der Waals surface area (Å²) in [5.41, 5.74) is -0.125. The van der Waals surface area contributed by atoms with Crippen LogP contribution in [-0.2, 0) is 0 Å². The van der Waals surface area contributed by atoms with Crippen molar-refractivity contribution in [2.45, 2.75) is 45.1 Å². The lowest BCUT2D eigenvalue weighted by atomic mass is 9.70. The summed E-state index contributed by atoms with van der Waals surface area (Å²) >= 11 is 0. The number of rotatable bonds is 2. The Hall–Kier alpha value is 0.210. The van der Waals surface area contributed by atoms with Crippen LogP contribution in [-0.4, -0.2) is 24.3 Å². The molecule has 80 valence electrons. The fourth-order valence-corrected chi connectivity index (χ4v) is 2.44. The number of halogens is 1. The first-order valence-electron chi connectivity index (χ1n) is 4.84. The number of aliphatic hydroxyl groups is 1. The standard InChI is InChI=1S/C10H21NO.ClH/c1-9(2)5-4-6-10(12,7-9)8-11-3;/h11-12H,4-8H2,1-3H3;1H. The van der Waals surface area contributed by atoms with Crippen LogP contribution in [0.3, 0.4) is 0 Å². The highest BCUT2D eigenvalue weighted by atomic mass is 35.5. The zero-order chi connectivity index (χ0) is 9.24. The van der Waals surface area contributed by atoms with Crippen molar-refractivity contribution in [3.05, 3.63) is 0 Å². The summed E-state index contributed by atoms with van der Waals surface area (Å²) in [6, 6.07) is 0. The quantitative estimate of drug-likeness (QED) is 0.726. The normalized spacial score (nSPS) is 32.3. The predicted octanol–water partition coefficient (Wildman–Crippen LogP) is 1.96. The van der Waals surface area contributed by atoms with Crippen molar-refractivity contribution in [2.75, 3.05) is 13.6 Å². The molecule has 0 bridgehead atoms. The molecule has 0 aliphatic heterocycles. The Balaban J connectivity index is 0.00000144. The van der Waals surface area contributed by atoms with Crippen LogP contribution >= 0.6 is 12.4 Å². The van der Waals surface area contributed by atoms with Crippen LogP contribution in [0.4, 0.5) is 0 Å². The summed E-state index contributed by atoms with van der Waals surface area (Å²) in [6.45, 7) is 5.22. The molecular formula is C10H22ClNO. The zero-order valence-electron chi connectivity index (χ0n) is 8.89. The summed E-state index contributed by atoms with van der Waals surface area (Å²) in [5, 5.41) is 13.2. The van der Waals surface area contributed by atoms with Crippen LogP contribution in [0.5, 0.6) is 0 Å². The molecule has 0 radical (unpaired) electrons. The minimum absolute atomic E-state index is 0. The molecule has 0 aromatic heterocycles. The second-order valence-corrected chi connectivity index (χ2v) is 4.95. The van der Waals surface area contributed by atoms with Crippen molar-refractivity contribution in [1.29, 1.82) is 0 Å². The van der Waals surface area contributed by atoms with Gasteiger partial charge in [0, 0.05) is 6.54 Å². The molecule has 0 aromatic carbocycles. The third-order valence-corrected chi connectivity index (χ3v) is 2.81. The van der Waals surface area contributed by atoms with Gasteiger partial charge in [0.2, 0.25) is 0 Å². The number of hydrogen-bond acceptors (Lipinski definition) is 2. The minimum Gasteiger partial charge on any atom is -0.389 e. The third-order valence-electron chi connectivity index (χ3n) is 2.81. The molecule has 2 N–H and O–H groups in total. The van der Waals surface area contributed by atoms with Gasteiger partial charge in [-0.1, -0.05) is 20.3 Å².